The highest BCUT2D eigenvalue weighted by Crippen LogP contribution is 2.22. The highest BCUT2D eigenvalue weighted by Gasteiger charge is 2.44. The van der Waals surface area contributed by atoms with Crippen molar-refractivity contribution in [1.29, 1.82) is 0 Å². The van der Waals surface area contributed by atoms with Crippen LogP contribution in [0.25, 0.3) is 0 Å². The quantitative estimate of drug-likeness (QED) is 0.659. The maximum absolute atomic E-state index is 13.0. The molecular weight excluding hydrogens is 372 g/mol. The number of methoxy groups -OCH3 is 1. The number of amides is 3. The van der Waals surface area contributed by atoms with Gasteiger partial charge < -0.3 is 25.2 Å². The predicted molar refractivity (Wildman–Crippen MR) is 105 cm³/mol. The molecule has 0 aliphatic carbocycles. The number of benzene rings is 1. The summed E-state index contributed by atoms with van der Waals surface area (Å²) in [6.45, 7) is 3.17. The van der Waals surface area contributed by atoms with E-state index in [2.05, 4.69) is 10.6 Å². The SMILES string of the molecule is COc1ccc(C[C@@H]2NC(=O)[C@H]3CN(C(=O)C4CC[NH2+]CC4)CCN3C2=O)cc1. The Morgan fingerprint density at radius 2 is 1.90 bits per heavy atom. The Morgan fingerprint density at radius 1 is 1.17 bits per heavy atom. The molecule has 0 bridgehead atoms. The number of hydrogen-bond donors (Lipinski definition) is 2. The summed E-state index contributed by atoms with van der Waals surface area (Å²) in [7, 11) is 1.61. The molecule has 3 saturated heterocycles. The van der Waals surface area contributed by atoms with E-state index >= 15 is 0 Å². The maximum Gasteiger partial charge on any atom is 0.246 e. The van der Waals surface area contributed by atoms with Gasteiger partial charge in [-0.1, -0.05) is 12.1 Å². The molecule has 3 amide bonds. The molecular formula is C21H29N4O4+. The van der Waals surface area contributed by atoms with Gasteiger partial charge in [0.25, 0.3) is 0 Å². The van der Waals surface area contributed by atoms with E-state index in [-0.39, 0.29) is 23.6 Å². The zero-order chi connectivity index (χ0) is 20.4. The van der Waals surface area contributed by atoms with Gasteiger partial charge in [-0.25, -0.2) is 0 Å². The van der Waals surface area contributed by atoms with Crippen LogP contribution in [0.4, 0.5) is 0 Å². The summed E-state index contributed by atoms with van der Waals surface area (Å²) >= 11 is 0. The van der Waals surface area contributed by atoms with Crippen LogP contribution in [-0.2, 0) is 20.8 Å². The number of carbonyl (C=O) groups excluding carboxylic acids is 3. The number of nitrogens with one attached hydrogen (secondary N) is 1. The molecule has 3 aliphatic rings. The second-order valence-electron chi connectivity index (χ2n) is 8.09. The average Bonchev–Trinajstić information content (AvgIpc) is 2.77. The Morgan fingerprint density at radius 3 is 2.59 bits per heavy atom. The lowest BCUT2D eigenvalue weighted by molar-refractivity contribution is -0.664. The first-order valence-electron chi connectivity index (χ1n) is 10.4. The normalized spacial score (nSPS) is 25.4. The van der Waals surface area contributed by atoms with Gasteiger partial charge in [-0.2, -0.15) is 0 Å². The van der Waals surface area contributed by atoms with Gasteiger partial charge in [-0.3, -0.25) is 14.4 Å². The largest absolute Gasteiger partial charge is 0.497 e. The highest BCUT2D eigenvalue weighted by atomic mass is 16.5. The molecule has 1 aromatic carbocycles. The molecule has 156 valence electrons. The van der Waals surface area contributed by atoms with Crippen molar-refractivity contribution in [1.82, 2.24) is 15.1 Å². The lowest BCUT2D eigenvalue weighted by atomic mass is 9.94. The van der Waals surface area contributed by atoms with Gasteiger partial charge >= 0.3 is 0 Å². The van der Waals surface area contributed by atoms with Crippen LogP contribution in [0.2, 0.25) is 0 Å². The van der Waals surface area contributed by atoms with Crippen molar-refractivity contribution >= 4 is 17.7 Å². The first-order valence-corrected chi connectivity index (χ1v) is 10.4. The molecule has 0 aromatic heterocycles. The third-order valence-corrected chi connectivity index (χ3v) is 6.28. The summed E-state index contributed by atoms with van der Waals surface area (Å²) in [6, 6.07) is 6.36. The number of ether oxygens (including phenoxy) is 1. The van der Waals surface area contributed by atoms with E-state index in [0.717, 1.165) is 37.2 Å². The number of rotatable bonds is 4. The molecule has 3 aliphatic heterocycles. The fourth-order valence-electron chi connectivity index (χ4n) is 4.57. The molecule has 8 heteroatoms. The van der Waals surface area contributed by atoms with Crippen LogP contribution >= 0.6 is 0 Å². The van der Waals surface area contributed by atoms with Crippen LogP contribution in [0.3, 0.4) is 0 Å². The number of nitrogens with two attached hydrogens (primary N) is 1. The number of fused-ring (bicyclic) bond motifs is 1. The molecule has 2 atom stereocenters. The summed E-state index contributed by atoms with van der Waals surface area (Å²) in [5.74, 6) is 0.710. The van der Waals surface area contributed by atoms with E-state index in [9.17, 15) is 14.4 Å². The van der Waals surface area contributed by atoms with Crippen molar-refractivity contribution in [2.45, 2.75) is 31.3 Å². The van der Waals surface area contributed by atoms with Gasteiger partial charge in [-0.05, 0) is 17.7 Å². The van der Waals surface area contributed by atoms with Crippen molar-refractivity contribution in [3.63, 3.8) is 0 Å². The third-order valence-electron chi connectivity index (χ3n) is 6.28. The summed E-state index contributed by atoms with van der Waals surface area (Å²) in [6.07, 6.45) is 2.22. The van der Waals surface area contributed by atoms with Gasteiger partial charge in [-0.15, -0.1) is 0 Å². The van der Waals surface area contributed by atoms with Crippen LogP contribution in [0.15, 0.2) is 24.3 Å². The zero-order valence-corrected chi connectivity index (χ0v) is 16.8. The second kappa shape index (κ2) is 8.41. The first-order chi connectivity index (χ1) is 14.1. The van der Waals surface area contributed by atoms with Crippen molar-refractivity contribution in [3.05, 3.63) is 29.8 Å². The molecule has 3 N–H and O–H groups in total. The number of carbonyl (C=O) groups is 3. The minimum Gasteiger partial charge on any atom is -0.497 e. The van der Waals surface area contributed by atoms with Crippen LogP contribution in [0, 0.1) is 5.92 Å². The Balaban J connectivity index is 1.40. The van der Waals surface area contributed by atoms with Crippen molar-refractivity contribution in [2.75, 3.05) is 39.8 Å². The Kier molecular flexibility index (Phi) is 5.71. The Labute approximate surface area is 170 Å². The van der Waals surface area contributed by atoms with Crippen molar-refractivity contribution in [3.8, 4) is 5.75 Å². The lowest BCUT2D eigenvalue weighted by Crippen LogP contribution is -2.86. The number of hydrogen-bond acceptors (Lipinski definition) is 4. The fraction of sp³-hybridized carbons (Fsp3) is 0.571. The fourth-order valence-corrected chi connectivity index (χ4v) is 4.57. The van der Waals surface area contributed by atoms with Gasteiger partial charge in [0.05, 0.1) is 26.7 Å². The summed E-state index contributed by atoms with van der Waals surface area (Å²) < 4.78 is 5.16. The van der Waals surface area contributed by atoms with E-state index in [0.29, 0.717) is 26.1 Å². The lowest BCUT2D eigenvalue weighted by Gasteiger charge is -2.46. The van der Waals surface area contributed by atoms with E-state index in [1.54, 1.807) is 16.9 Å². The van der Waals surface area contributed by atoms with Gasteiger partial charge in [0, 0.05) is 38.3 Å². The van der Waals surface area contributed by atoms with Crippen LogP contribution in [0.1, 0.15) is 18.4 Å². The van der Waals surface area contributed by atoms with Gasteiger partial charge in [0.1, 0.15) is 17.8 Å². The smallest absolute Gasteiger partial charge is 0.246 e. The summed E-state index contributed by atoms with van der Waals surface area (Å²) in [4.78, 5) is 42.0. The van der Waals surface area contributed by atoms with Crippen LogP contribution in [0.5, 0.6) is 5.75 Å². The van der Waals surface area contributed by atoms with Crippen molar-refractivity contribution in [2.24, 2.45) is 5.92 Å². The summed E-state index contributed by atoms with van der Waals surface area (Å²) in [5.41, 5.74) is 0.964. The zero-order valence-electron chi connectivity index (χ0n) is 16.8. The van der Waals surface area contributed by atoms with Crippen molar-refractivity contribution < 1.29 is 24.4 Å². The average molecular weight is 401 g/mol. The standard InChI is InChI=1S/C21H28N4O4/c1-29-16-4-2-14(3-5-16)12-17-21(28)25-11-10-24(13-18(25)19(26)23-17)20(27)15-6-8-22-9-7-15/h2-5,15,17-18,22H,6-13H2,1H3,(H,23,26)/p+1/t17-,18+/m0/s1. The monoisotopic (exact) mass is 401 g/mol. The van der Waals surface area contributed by atoms with Gasteiger partial charge in [0.15, 0.2) is 0 Å². The van der Waals surface area contributed by atoms with Crippen LogP contribution in [-0.4, -0.2) is 79.4 Å². The summed E-state index contributed by atoms with van der Waals surface area (Å²) in [5, 5.41) is 5.11. The van der Waals surface area contributed by atoms with Gasteiger partial charge in [0.2, 0.25) is 17.7 Å². The van der Waals surface area contributed by atoms with E-state index in [1.165, 1.54) is 0 Å². The predicted octanol–water partition coefficient (Wildman–Crippen LogP) is -1.25. The number of piperazine rings is 2. The maximum atomic E-state index is 13.0. The molecule has 1 aromatic rings. The number of quaternary nitrogens is 1. The second-order valence-corrected chi connectivity index (χ2v) is 8.09. The molecule has 4 rings (SSSR count). The highest BCUT2D eigenvalue weighted by molar-refractivity contribution is 5.98. The number of nitrogens with zero attached hydrogens (tertiary/aromatic N) is 2. The molecule has 0 unspecified atom stereocenters. The van der Waals surface area contributed by atoms with E-state index < -0.39 is 12.1 Å². The molecule has 0 spiro atoms. The topological polar surface area (TPSA) is 95.6 Å². The van der Waals surface area contributed by atoms with Crippen LogP contribution < -0.4 is 15.4 Å². The molecule has 3 heterocycles. The van der Waals surface area contributed by atoms with E-state index in [4.69, 9.17) is 4.74 Å². The first kappa shape index (κ1) is 19.7. The third kappa shape index (κ3) is 4.07. The molecule has 0 saturated carbocycles. The molecule has 29 heavy (non-hydrogen) atoms. The molecule has 8 nitrogen and oxygen atoms in total. The Hall–Kier alpha value is -2.61. The number of piperidine rings is 1. The Bertz CT molecular complexity index is 775. The molecule has 3 fully saturated rings. The minimum absolute atomic E-state index is 0.0525. The molecule has 0 radical (unpaired) electrons. The van der Waals surface area contributed by atoms with E-state index in [1.807, 2.05) is 24.3 Å². The minimum atomic E-state index is -0.581.